The molecule has 20 heavy (non-hydrogen) atoms. The zero-order chi connectivity index (χ0) is 15.2. The lowest BCUT2D eigenvalue weighted by Crippen LogP contribution is -2.15. The lowest BCUT2D eigenvalue weighted by molar-refractivity contribution is -0.136. The molecule has 0 unspecified atom stereocenters. The first-order valence-electron chi connectivity index (χ1n) is 5.77. The summed E-state index contributed by atoms with van der Waals surface area (Å²) >= 11 is 0.863. The summed E-state index contributed by atoms with van der Waals surface area (Å²) < 4.78 is 37.5. The summed E-state index contributed by atoms with van der Waals surface area (Å²) in [5.41, 5.74) is -0.510. The molecule has 0 aliphatic rings. The van der Waals surface area contributed by atoms with E-state index in [1.165, 1.54) is 16.8 Å². The van der Waals surface area contributed by atoms with Crippen LogP contribution in [-0.4, -0.2) is 32.6 Å². The molecular weight excluding hydrogens is 297 g/mol. The number of aromatic nitrogens is 2. The van der Waals surface area contributed by atoms with E-state index < -0.39 is 24.1 Å². The Bertz CT molecular complexity index is 516. The van der Waals surface area contributed by atoms with Crippen LogP contribution in [-0.2, 0) is 11.3 Å². The number of aryl methyl sites for hydroxylation is 1. The summed E-state index contributed by atoms with van der Waals surface area (Å²) in [4.78, 5) is 25.3. The van der Waals surface area contributed by atoms with Gasteiger partial charge < -0.3 is 9.67 Å². The Morgan fingerprint density at radius 2 is 2.10 bits per heavy atom. The molecule has 0 aromatic carbocycles. The lowest BCUT2D eigenvalue weighted by atomic mass is 10.2. The van der Waals surface area contributed by atoms with Crippen LogP contribution in [0, 0.1) is 0 Å². The Morgan fingerprint density at radius 3 is 2.70 bits per heavy atom. The number of carboxylic acid groups (broad SMARTS) is 1. The largest absolute Gasteiger partial charge is 0.481 e. The predicted molar refractivity (Wildman–Crippen MR) is 66.8 cm³/mol. The van der Waals surface area contributed by atoms with Crippen molar-refractivity contribution in [3.05, 3.63) is 22.6 Å². The molecule has 0 amide bonds. The molecule has 1 aromatic rings. The van der Waals surface area contributed by atoms with Crippen LogP contribution in [0.2, 0.25) is 0 Å². The Morgan fingerprint density at radius 1 is 1.40 bits per heavy atom. The minimum absolute atomic E-state index is 0.0291. The van der Waals surface area contributed by atoms with Gasteiger partial charge in [-0.05, 0) is 12.8 Å². The van der Waals surface area contributed by atoms with Crippen LogP contribution in [0.25, 0.3) is 0 Å². The topological polar surface area (TPSA) is 72.2 Å². The van der Waals surface area contributed by atoms with Gasteiger partial charge in [0, 0.05) is 25.2 Å². The highest BCUT2D eigenvalue weighted by Gasteiger charge is 2.25. The van der Waals surface area contributed by atoms with E-state index in [-0.39, 0.29) is 30.3 Å². The highest BCUT2D eigenvalue weighted by Crippen LogP contribution is 2.22. The summed E-state index contributed by atoms with van der Waals surface area (Å²) in [5, 5.41) is 8.78. The fraction of sp³-hybridized carbons (Fsp3) is 0.545. The van der Waals surface area contributed by atoms with Crippen LogP contribution in [0.4, 0.5) is 13.2 Å². The third kappa shape index (κ3) is 6.60. The van der Waals surface area contributed by atoms with E-state index in [0.717, 1.165) is 11.8 Å². The summed E-state index contributed by atoms with van der Waals surface area (Å²) in [5.74, 6) is -1.32. The van der Waals surface area contributed by atoms with Crippen molar-refractivity contribution in [1.29, 1.82) is 0 Å². The van der Waals surface area contributed by atoms with Gasteiger partial charge in [0.1, 0.15) is 0 Å². The molecule has 0 saturated carbocycles. The number of hydrogen-bond acceptors (Lipinski definition) is 4. The Hall–Kier alpha value is -1.51. The summed E-state index contributed by atoms with van der Waals surface area (Å²) in [7, 11) is 0. The van der Waals surface area contributed by atoms with Crippen molar-refractivity contribution in [2.45, 2.75) is 37.1 Å². The monoisotopic (exact) mass is 310 g/mol. The maximum Gasteiger partial charge on any atom is 0.389 e. The number of aliphatic carboxylic acids is 1. The number of alkyl halides is 3. The zero-order valence-corrected chi connectivity index (χ0v) is 11.2. The molecule has 112 valence electrons. The summed E-state index contributed by atoms with van der Waals surface area (Å²) in [6.07, 6.45) is -3.39. The second-order valence-electron chi connectivity index (χ2n) is 4.00. The number of carbonyl (C=O) groups is 1. The minimum Gasteiger partial charge on any atom is -0.481 e. The maximum absolute atomic E-state index is 12.0. The highest BCUT2D eigenvalue weighted by molar-refractivity contribution is 7.99. The number of halogens is 3. The molecular formula is C11H13F3N2O3S. The Labute approximate surface area is 116 Å². The predicted octanol–water partition coefficient (Wildman–Crippen LogP) is 2.15. The Kier molecular flexibility index (Phi) is 6.05. The first-order chi connectivity index (χ1) is 9.28. The van der Waals surface area contributed by atoms with Gasteiger partial charge in [0.05, 0.1) is 5.75 Å². The van der Waals surface area contributed by atoms with Crippen LogP contribution < -0.4 is 5.56 Å². The van der Waals surface area contributed by atoms with Gasteiger partial charge in [0.25, 0.3) is 5.56 Å². The van der Waals surface area contributed by atoms with E-state index in [4.69, 9.17) is 5.11 Å². The molecule has 1 rings (SSSR count). The minimum atomic E-state index is -4.18. The van der Waals surface area contributed by atoms with Gasteiger partial charge in [0.15, 0.2) is 5.16 Å². The van der Waals surface area contributed by atoms with Crippen molar-refractivity contribution in [2.75, 3.05) is 5.75 Å². The number of rotatable bonds is 7. The molecule has 0 aliphatic carbocycles. The molecule has 0 fully saturated rings. The summed E-state index contributed by atoms with van der Waals surface area (Å²) in [6.45, 7) is 0.255. The molecule has 0 aliphatic heterocycles. The quantitative estimate of drug-likeness (QED) is 0.474. The van der Waals surface area contributed by atoms with E-state index in [1.54, 1.807) is 0 Å². The van der Waals surface area contributed by atoms with E-state index in [0.29, 0.717) is 0 Å². The molecule has 1 N–H and O–H groups in total. The fourth-order valence-electron chi connectivity index (χ4n) is 1.43. The first-order valence-corrected chi connectivity index (χ1v) is 6.75. The zero-order valence-electron chi connectivity index (χ0n) is 10.4. The number of hydrogen-bond donors (Lipinski definition) is 1. The third-order valence-electron chi connectivity index (χ3n) is 2.28. The summed E-state index contributed by atoms with van der Waals surface area (Å²) in [6, 6.07) is 1.19. The maximum atomic E-state index is 12.0. The molecule has 0 spiro atoms. The average Bonchev–Trinajstić information content (AvgIpc) is 2.32. The molecule has 9 heteroatoms. The van der Waals surface area contributed by atoms with Gasteiger partial charge in [-0.3, -0.25) is 9.59 Å². The van der Waals surface area contributed by atoms with Crippen LogP contribution >= 0.6 is 11.8 Å². The average molecular weight is 310 g/mol. The van der Waals surface area contributed by atoms with Crippen molar-refractivity contribution < 1.29 is 23.1 Å². The van der Waals surface area contributed by atoms with E-state index in [2.05, 4.69) is 4.98 Å². The normalized spacial score (nSPS) is 11.6. The van der Waals surface area contributed by atoms with Crippen LogP contribution in [0.3, 0.4) is 0 Å². The number of carboxylic acids is 1. The molecule has 1 aromatic heterocycles. The van der Waals surface area contributed by atoms with Gasteiger partial charge in [-0.25, -0.2) is 0 Å². The first kappa shape index (κ1) is 16.5. The molecule has 0 bridgehead atoms. The SMILES string of the molecule is O=C(O)CSc1nc(=O)ccn1CCCCC(F)(F)F. The van der Waals surface area contributed by atoms with Crippen LogP contribution in [0.5, 0.6) is 0 Å². The van der Waals surface area contributed by atoms with Gasteiger partial charge in [-0.15, -0.1) is 0 Å². The van der Waals surface area contributed by atoms with E-state index >= 15 is 0 Å². The van der Waals surface area contributed by atoms with Crippen molar-refractivity contribution in [3.8, 4) is 0 Å². The van der Waals surface area contributed by atoms with E-state index in [1.807, 2.05) is 0 Å². The van der Waals surface area contributed by atoms with Gasteiger partial charge in [0.2, 0.25) is 0 Å². The molecule has 0 atom stereocenters. The lowest BCUT2D eigenvalue weighted by Gasteiger charge is -2.11. The van der Waals surface area contributed by atoms with Crippen LogP contribution in [0.15, 0.2) is 22.2 Å². The molecule has 5 nitrogen and oxygen atoms in total. The second kappa shape index (κ2) is 7.32. The molecule has 0 radical (unpaired) electrons. The van der Waals surface area contributed by atoms with Crippen molar-refractivity contribution in [2.24, 2.45) is 0 Å². The number of thioether (sulfide) groups is 1. The number of unbranched alkanes of at least 4 members (excludes halogenated alkanes) is 1. The van der Waals surface area contributed by atoms with E-state index in [9.17, 15) is 22.8 Å². The highest BCUT2D eigenvalue weighted by atomic mass is 32.2. The van der Waals surface area contributed by atoms with Gasteiger partial charge >= 0.3 is 12.1 Å². The second-order valence-corrected chi connectivity index (χ2v) is 4.94. The fourth-order valence-corrected chi connectivity index (χ4v) is 2.16. The van der Waals surface area contributed by atoms with Crippen LogP contribution in [0.1, 0.15) is 19.3 Å². The smallest absolute Gasteiger partial charge is 0.389 e. The number of nitrogens with zero attached hydrogens (tertiary/aromatic N) is 2. The van der Waals surface area contributed by atoms with Crippen molar-refractivity contribution in [1.82, 2.24) is 9.55 Å². The third-order valence-corrected chi connectivity index (χ3v) is 3.26. The molecule has 0 saturated heterocycles. The van der Waals surface area contributed by atoms with Gasteiger partial charge in [-0.1, -0.05) is 11.8 Å². The molecule has 1 heterocycles. The van der Waals surface area contributed by atoms with Crippen molar-refractivity contribution >= 4 is 17.7 Å². The Balaban J connectivity index is 2.59. The van der Waals surface area contributed by atoms with Gasteiger partial charge in [-0.2, -0.15) is 18.2 Å². The standard InChI is InChI=1S/C11H13F3N2O3S/c12-11(13,14)4-1-2-5-16-6-3-8(17)15-10(16)20-7-9(18)19/h3,6H,1-2,4-5,7H2,(H,18,19). The van der Waals surface area contributed by atoms with Crippen molar-refractivity contribution in [3.63, 3.8) is 0 Å².